The van der Waals surface area contributed by atoms with Gasteiger partial charge in [-0.15, -0.1) is 0 Å². The van der Waals surface area contributed by atoms with E-state index < -0.39 is 15.4 Å². The Kier molecular flexibility index (Phi) is 6.62. The smallest absolute Gasteiger partial charge is 0.254 e. The van der Waals surface area contributed by atoms with Crippen molar-refractivity contribution in [3.8, 4) is 0 Å². The molecule has 30 heavy (non-hydrogen) atoms. The second kappa shape index (κ2) is 8.85. The minimum Gasteiger partial charge on any atom is -0.272 e. The van der Waals surface area contributed by atoms with Crippen LogP contribution in [0.5, 0.6) is 0 Å². The Morgan fingerprint density at radius 2 is 1.93 bits per heavy atom. The number of carbonyl (C=O) groups excluding carboxylic acids is 1. The SMILES string of the molecule is CC/C=N\N(C)c1ccc(S(=O)(=O)NC2CCC3(C=NN(C(C)C)C3=O)CC2)cc1. The third kappa shape index (κ3) is 4.57. The standard InChI is InChI=1S/C21H31N5O3S/c1-5-14-22-25(4)18-6-8-19(9-7-18)30(28,29)24-17-10-12-21(13-11-17)15-23-26(16(2)3)20(21)27/h6-9,14-17,24H,5,10-13H2,1-4H3/b22-14-. The van der Waals surface area contributed by atoms with Gasteiger partial charge in [0.15, 0.2) is 0 Å². The normalized spacial score (nSPS) is 24.5. The molecule has 1 saturated carbocycles. The minimum atomic E-state index is -3.63. The van der Waals surface area contributed by atoms with Crippen molar-refractivity contribution >= 4 is 34.0 Å². The zero-order valence-electron chi connectivity index (χ0n) is 18.1. The zero-order chi connectivity index (χ0) is 21.9. The fraction of sp³-hybridized carbons (Fsp3) is 0.571. The van der Waals surface area contributed by atoms with Crippen LogP contribution < -0.4 is 9.73 Å². The number of sulfonamides is 1. The highest BCUT2D eigenvalue weighted by Crippen LogP contribution is 2.40. The van der Waals surface area contributed by atoms with Crippen LogP contribution >= 0.6 is 0 Å². The third-order valence-corrected chi connectivity index (χ3v) is 7.25. The molecule has 0 unspecified atom stereocenters. The second-order valence-corrected chi connectivity index (χ2v) is 9.98. The number of hydrogen-bond acceptors (Lipinski definition) is 6. The molecule has 0 saturated heterocycles. The average molecular weight is 434 g/mol. The number of anilines is 1. The monoisotopic (exact) mass is 433 g/mol. The lowest BCUT2D eigenvalue weighted by atomic mass is 9.73. The van der Waals surface area contributed by atoms with Crippen LogP contribution in [0.2, 0.25) is 0 Å². The Balaban J connectivity index is 1.61. The van der Waals surface area contributed by atoms with Crippen molar-refractivity contribution in [1.82, 2.24) is 9.73 Å². The summed E-state index contributed by atoms with van der Waals surface area (Å²) in [5.41, 5.74) is 0.240. The van der Waals surface area contributed by atoms with Crippen LogP contribution in [0, 0.1) is 5.41 Å². The number of nitrogens with zero attached hydrogens (tertiary/aromatic N) is 4. The maximum absolute atomic E-state index is 12.8. The Morgan fingerprint density at radius 1 is 1.30 bits per heavy atom. The molecule has 0 bridgehead atoms. The molecule has 0 radical (unpaired) electrons. The van der Waals surface area contributed by atoms with Crippen molar-refractivity contribution in [2.45, 2.75) is 69.9 Å². The molecule has 8 nitrogen and oxygen atoms in total. The topological polar surface area (TPSA) is 94.4 Å². The van der Waals surface area contributed by atoms with Crippen LogP contribution in [0.1, 0.15) is 52.9 Å². The van der Waals surface area contributed by atoms with Crippen molar-refractivity contribution in [1.29, 1.82) is 0 Å². The lowest BCUT2D eigenvalue weighted by molar-refractivity contribution is -0.139. The highest BCUT2D eigenvalue weighted by Gasteiger charge is 2.47. The first-order valence-corrected chi connectivity index (χ1v) is 11.9. The molecular formula is C21H31N5O3S. The molecular weight excluding hydrogens is 402 g/mol. The lowest BCUT2D eigenvalue weighted by Gasteiger charge is -2.34. The minimum absolute atomic E-state index is 0.0269. The van der Waals surface area contributed by atoms with E-state index in [1.165, 1.54) is 5.01 Å². The van der Waals surface area contributed by atoms with Crippen molar-refractivity contribution in [3.05, 3.63) is 24.3 Å². The molecule has 1 spiro atoms. The highest BCUT2D eigenvalue weighted by atomic mass is 32.2. The van der Waals surface area contributed by atoms with Crippen LogP contribution in [0.3, 0.4) is 0 Å². The molecule has 2 aliphatic rings. The maximum Gasteiger partial charge on any atom is 0.254 e. The fourth-order valence-corrected chi connectivity index (χ4v) is 5.17. The summed E-state index contributed by atoms with van der Waals surface area (Å²) in [6.45, 7) is 5.88. The molecule has 1 aromatic carbocycles. The van der Waals surface area contributed by atoms with Gasteiger partial charge in [0.25, 0.3) is 5.91 Å². The van der Waals surface area contributed by atoms with Gasteiger partial charge in [-0.05, 0) is 70.2 Å². The molecule has 9 heteroatoms. The van der Waals surface area contributed by atoms with Gasteiger partial charge in [0, 0.05) is 31.6 Å². The van der Waals surface area contributed by atoms with Gasteiger partial charge in [-0.3, -0.25) is 9.80 Å². The molecule has 1 N–H and O–H groups in total. The van der Waals surface area contributed by atoms with Crippen LogP contribution in [0.15, 0.2) is 39.4 Å². The predicted octanol–water partition coefficient (Wildman–Crippen LogP) is 2.96. The van der Waals surface area contributed by atoms with Gasteiger partial charge in [0.1, 0.15) is 0 Å². The molecule has 1 fully saturated rings. The first-order chi connectivity index (χ1) is 14.2. The van der Waals surface area contributed by atoms with E-state index in [2.05, 4.69) is 14.9 Å². The highest BCUT2D eigenvalue weighted by molar-refractivity contribution is 7.89. The molecule has 3 rings (SSSR count). The van der Waals surface area contributed by atoms with E-state index in [0.29, 0.717) is 25.7 Å². The zero-order valence-corrected chi connectivity index (χ0v) is 18.9. The van der Waals surface area contributed by atoms with E-state index in [4.69, 9.17) is 0 Å². The molecule has 1 aromatic rings. The average Bonchev–Trinajstić information content (AvgIpc) is 3.04. The Morgan fingerprint density at radius 3 is 2.47 bits per heavy atom. The summed E-state index contributed by atoms with van der Waals surface area (Å²) >= 11 is 0. The van der Waals surface area contributed by atoms with E-state index >= 15 is 0 Å². The Labute approximate surface area is 179 Å². The van der Waals surface area contributed by atoms with Gasteiger partial charge in [-0.1, -0.05) is 6.92 Å². The van der Waals surface area contributed by atoms with Crippen molar-refractivity contribution in [2.75, 3.05) is 12.1 Å². The van der Waals surface area contributed by atoms with E-state index in [9.17, 15) is 13.2 Å². The van der Waals surface area contributed by atoms with E-state index in [0.717, 1.165) is 12.1 Å². The number of carbonyl (C=O) groups is 1. The number of rotatable bonds is 7. The van der Waals surface area contributed by atoms with Gasteiger partial charge in [0.05, 0.1) is 16.0 Å². The number of hydrogen-bond donors (Lipinski definition) is 1. The van der Waals surface area contributed by atoms with Gasteiger partial charge < -0.3 is 0 Å². The second-order valence-electron chi connectivity index (χ2n) is 8.26. The summed E-state index contributed by atoms with van der Waals surface area (Å²) in [4.78, 5) is 13.0. The molecule has 1 amide bonds. The first-order valence-electron chi connectivity index (χ1n) is 10.5. The van der Waals surface area contributed by atoms with Crippen LogP contribution in [0.25, 0.3) is 0 Å². The Bertz CT molecular complexity index is 916. The summed E-state index contributed by atoms with van der Waals surface area (Å²) in [6.07, 6.45) is 6.80. The molecule has 1 aliphatic heterocycles. The first kappa shape index (κ1) is 22.4. The number of nitrogens with one attached hydrogen (secondary N) is 1. The molecule has 1 heterocycles. The van der Waals surface area contributed by atoms with Gasteiger partial charge in [-0.2, -0.15) is 10.2 Å². The quantitative estimate of drug-likeness (QED) is 0.528. The predicted molar refractivity (Wildman–Crippen MR) is 119 cm³/mol. The number of amides is 1. The third-order valence-electron chi connectivity index (χ3n) is 5.71. The summed E-state index contributed by atoms with van der Waals surface area (Å²) in [5.74, 6) is 0.0317. The van der Waals surface area contributed by atoms with Crippen molar-refractivity contribution in [2.24, 2.45) is 15.6 Å². The van der Waals surface area contributed by atoms with E-state index in [-0.39, 0.29) is 22.9 Å². The van der Waals surface area contributed by atoms with Gasteiger partial charge in [0.2, 0.25) is 10.0 Å². The van der Waals surface area contributed by atoms with Crippen LogP contribution in [-0.4, -0.2) is 50.9 Å². The van der Waals surface area contributed by atoms with Gasteiger partial charge >= 0.3 is 0 Å². The van der Waals surface area contributed by atoms with E-state index in [1.807, 2.05) is 27.8 Å². The maximum atomic E-state index is 12.8. The van der Waals surface area contributed by atoms with Gasteiger partial charge in [-0.25, -0.2) is 18.1 Å². The largest absolute Gasteiger partial charge is 0.272 e. The molecule has 0 aromatic heterocycles. The van der Waals surface area contributed by atoms with Crippen molar-refractivity contribution in [3.63, 3.8) is 0 Å². The fourth-order valence-electron chi connectivity index (χ4n) is 3.87. The number of benzene rings is 1. The van der Waals surface area contributed by atoms with Crippen LogP contribution in [-0.2, 0) is 14.8 Å². The summed E-state index contributed by atoms with van der Waals surface area (Å²) in [5, 5.41) is 11.8. The summed E-state index contributed by atoms with van der Waals surface area (Å²) in [6, 6.07) is 6.50. The van der Waals surface area contributed by atoms with Crippen molar-refractivity contribution < 1.29 is 13.2 Å². The van der Waals surface area contributed by atoms with Crippen LogP contribution in [0.4, 0.5) is 5.69 Å². The Hall–Kier alpha value is -2.26. The summed E-state index contributed by atoms with van der Waals surface area (Å²) in [7, 11) is -1.81. The molecule has 164 valence electrons. The molecule has 0 atom stereocenters. The molecule has 1 aliphatic carbocycles. The van der Waals surface area contributed by atoms with E-state index in [1.54, 1.807) is 41.7 Å². The summed E-state index contributed by atoms with van der Waals surface area (Å²) < 4.78 is 28.4. The number of hydrazone groups is 2. The lowest BCUT2D eigenvalue weighted by Crippen LogP contribution is -2.46.